The van der Waals surface area contributed by atoms with Crippen molar-refractivity contribution in [3.63, 3.8) is 0 Å². The summed E-state index contributed by atoms with van der Waals surface area (Å²) in [7, 11) is 0. The molecule has 0 unspecified atom stereocenters. The average molecular weight is 210 g/mol. The van der Waals surface area contributed by atoms with Gasteiger partial charge in [-0.15, -0.1) is 6.58 Å². The normalized spacial score (nSPS) is 12.2. The summed E-state index contributed by atoms with van der Waals surface area (Å²) in [5.41, 5.74) is 0.545. The Morgan fingerprint density at radius 3 is 2.87 bits per heavy atom. The van der Waals surface area contributed by atoms with Crippen LogP contribution >= 0.6 is 0 Å². The van der Waals surface area contributed by atoms with E-state index in [0.717, 1.165) is 0 Å². The molecule has 15 heavy (non-hydrogen) atoms. The van der Waals surface area contributed by atoms with Crippen LogP contribution in [-0.4, -0.2) is 11.7 Å². The Kier molecular flexibility index (Phi) is 4.31. The standard InChI is InChI=1S/C12H15FO2/c1-3-4-7-15-12-6-5-10(9(2)14)8-11(12)13/h3,5-6,8-9,14H,1,4,7H2,2H3/t9-/m0/s1. The van der Waals surface area contributed by atoms with Crippen LogP contribution in [0.15, 0.2) is 30.9 Å². The summed E-state index contributed by atoms with van der Waals surface area (Å²) in [6.07, 6.45) is 1.72. The van der Waals surface area contributed by atoms with E-state index in [1.54, 1.807) is 19.1 Å². The first-order chi connectivity index (χ1) is 7.15. The van der Waals surface area contributed by atoms with Gasteiger partial charge in [0.25, 0.3) is 0 Å². The number of aliphatic hydroxyl groups excluding tert-OH is 1. The second kappa shape index (κ2) is 5.51. The molecular formula is C12H15FO2. The number of aliphatic hydroxyl groups is 1. The van der Waals surface area contributed by atoms with E-state index >= 15 is 0 Å². The molecule has 0 saturated carbocycles. The van der Waals surface area contributed by atoms with Crippen LogP contribution in [-0.2, 0) is 0 Å². The van der Waals surface area contributed by atoms with E-state index in [0.29, 0.717) is 18.6 Å². The lowest BCUT2D eigenvalue weighted by Crippen LogP contribution is -1.99. The molecule has 1 N–H and O–H groups in total. The zero-order chi connectivity index (χ0) is 11.3. The maximum Gasteiger partial charge on any atom is 0.165 e. The van der Waals surface area contributed by atoms with Gasteiger partial charge in [-0.3, -0.25) is 0 Å². The quantitative estimate of drug-likeness (QED) is 0.598. The topological polar surface area (TPSA) is 29.5 Å². The molecule has 0 amide bonds. The molecule has 0 bridgehead atoms. The maximum atomic E-state index is 13.4. The minimum Gasteiger partial charge on any atom is -0.490 e. The summed E-state index contributed by atoms with van der Waals surface area (Å²) in [6.45, 7) is 5.55. The molecule has 1 rings (SSSR count). The van der Waals surface area contributed by atoms with Crippen LogP contribution < -0.4 is 4.74 Å². The molecule has 2 nitrogen and oxygen atoms in total. The van der Waals surface area contributed by atoms with Crippen LogP contribution in [0, 0.1) is 5.82 Å². The number of ether oxygens (including phenoxy) is 1. The third kappa shape index (κ3) is 3.36. The smallest absolute Gasteiger partial charge is 0.165 e. The molecule has 1 atom stereocenters. The van der Waals surface area contributed by atoms with Gasteiger partial charge < -0.3 is 9.84 Å². The molecule has 0 aromatic heterocycles. The lowest BCUT2D eigenvalue weighted by Gasteiger charge is -2.09. The van der Waals surface area contributed by atoms with Gasteiger partial charge >= 0.3 is 0 Å². The average Bonchev–Trinajstić information content (AvgIpc) is 2.20. The van der Waals surface area contributed by atoms with E-state index in [9.17, 15) is 9.50 Å². The van der Waals surface area contributed by atoms with Crippen LogP contribution in [0.4, 0.5) is 4.39 Å². The summed E-state index contributed by atoms with van der Waals surface area (Å²) < 4.78 is 18.6. The molecule has 82 valence electrons. The summed E-state index contributed by atoms with van der Waals surface area (Å²) in [6, 6.07) is 4.46. The largest absolute Gasteiger partial charge is 0.490 e. The fourth-order valence-corrected chi connectivity index (χ4v) is 1.15. The zero-order valence-corrected chi connectivity index (χ0v) is 8.74. The third-order valence-electron chi connectivity index (χ3n) is 2.02. The summed E-state index contributed by atoms with van der Waals surface area (Å²) in [5.74, 6) is -0.237. The van der Waals surface area contributed by atoms with Crippen molar-refractivity contribution in [3.05, 3.63) is 42.2 Å². The molecule has 3 heteroatoms. The van der Waals surface area contributed by atoms with Gasteiger partial charge in [-0.2, -0.15) is 0 Å². The molecule has 0 aliphatic heterocycles. The molecule has 0 aliphatic rings. The zero-order valence-electron chi connectivity index (χ0n) is 8.74. The van der Waals surface area contributed by atoms with E-state index in [4.69, 9.17) is 4.74 Å². The van der Waals surface area contributed by atoms with Crippen LogP contribution in [0.1, 0.15) is 25.0 Å². The van der Waals surface area contributed by atoms with Crippen molar-refractivity contribution >= 4 is 0 Å². The summed E-state index contributed by atoms with van der Waals surface area (Å²) >= 11 is 0. The fraction of sp³-hybridized carbons (Fsp3) is 0.333. The highest BCUT2D eigenvalue weighted by Gasteiger charge is 2.07. The first kappa shape index (κ1) is 11.7. The van der Waals surface area contributed by atoms with E-state index in [-0.39, 0.29) is 5.75 Å². The molecule has 0 fully saturated rings. The Morgan fingerprint density at radius 2 is 2.33 bits per heavy atom. The molecule has 0 aliphatic carbocycles. The number of hydrogen-bond acceptors (Lipinski definition) is 2. The van der Waals surface area contributed by atoms with Crippen LogP contribution in [0.2, 0.25) is 0 Å². The van der Waals surface area contributed by atoms with E-state index in [2.05, 4.69) is 6.58 Å². The number of hydrogen-bond donors (Lipinski definition) is 1. The van der Waals surface area contributed by atoms with E-state index in [1.165, 1.54) is 12.1 Å². The summed E-state index contributed by atoms with van der Waals surface area (Å²) in [4.78, 5) is 0. The van der Waals surface area contributed by atoms with Gasteiger partial charge in [-0.25, -0.2) is 4.39 Å². The Hall–Kier alpha value is -1.35. The van der Waals surface area contributed by atoms with Crippen molar-refractivity contribution in [1.82, 2.24) is 0 Å². The van der Waals surface area contributed by atoms with Crippen molar-refractivity contribution < 1.29 is 14.2 Å². The van der Waals surface area contributed by atoms with E-state index in [1.807, 2.05) is 0 Å². The lowest BCUT2D eigenvalue weighted by molar-refractivity contribution is 0.198. The Morgan fingerprint density at radius 1 is 1.60 bits per heavy atom. The van der Waals surface area contributed by atoms with Crippen LogP contribution in [0.5, 0.6) is 5.75 Å². The van der Waals surface area contributed by atoms with Crippen LogP contribution in [0.25, 0.3) is 0 Å². The Balaban J connectivity index is 2.70. The monoisotopic (exact) mass is 210 g/mol. The van der Waals surface area contributed by atoms with Gasteiger partial charge in [-0.05, 0) is 31.0 Å². The number of benzene rings is 1. The first-order valence-electron chi connectivity index (χ1n) is 4.86. The molecule has 0 spiro atoms. The van der Waals surface area contributed by atoms with Crippen molar-refractivity contribution in [3.8, 4) is 5.75 Å². The second-order valence-electron chi connectivity index (χ2n) is 3.29. The van der Waals surface area contributed by atoms with Gasteiger partial charge in [-0.1, -0.05) is 12.1 Å². The van der Waals surface area contributed by atoms with Crippen molar-refractivity contribution in [2.45, 2.75) is 19.4 Å². The predicted molar refractivity (Wildman–Crippen MR) is 57.3 cm³/mol. The van der Waals surface area contributed by atoms with Crippen molar-refractivity contribution in [2.24, 2.45) is 0 Å². The van der Waals surface area contributed by atoms with Gasteiger partial charge in [0.2, 0.25) is 0 Å². The molecule has 0 radical (unpaired) electrons. The van der Waals surface area contributed by atoms with Crippen molar-refractivity contribution in [1.29, 1.82) is 0 Å². The SMILES string of the molecule is C=CCCOc1ccc([C@H](C)O)cc1F. The predicted octanol–water partition coefficient (Wildman–Crippen LogP) is 2.83. The highest BCUT2D eigenvalue weighted by Crippen LogP contribution is 2.21. The molecule has 0 saturated heterocycles. The number of halogens is 1. The Bertz CT molecular complexity index is 334. The maximum absolute atomic E-state index is 13.4. The van der Waals surface area contributed by atoms with Crippen LogP contribution in [0.3, 0.4) is 0 Å². The van der Waals surface area contributed by atoms with E-state index < -0.39 is 11.9 Å². The second-order valence-corrected chi connectivity index (χ2v) is 3.29. The highest BCUT2D eigenvalue weighted by atomic mass is 19.1. The first-order valence-corrected chi connectivity index (χ1v) is 4.86. The third-order valence-corrected chi connectivity index (χ3v) is 2.02. The van der Waals surface area contributed by atoms with Gasteiger partial charge in [0.1, 0.15) is 0 Å². The molecule has 1 aromatic carbocycles. The molecular weight excluding hydrogens is 195 g/mol. The minimum absolute atomic E-state index is 0.209. The van der Waals surface area contributed by atoms with Gasteiger partial charge in [0.05, 0.1) is 12.7 Å². The number of rotatable bonds is 5. The molecule has 1 aromatic rings. The minimum atomic E-state index is -0.665. The van der Waals surface area contributed by atoms with Gasteiger partial charge in [0.15, 0.2) is 11.6 Å². The van der Waals surface area contributed by atoms with Gasteiger partial charge in [0, 0.05) is 0 Å². The van der Waals surface area contributed by atoms with Crippen molar-refractivity contribution in [2.75, 3.05) is 6.61 Å². The lowest BCUT2D eigenvalue weighted by atomic mass is 10.1. The molecule has 0 heterocycles. The summed E-state index contributed by atoms with van der Waals surface area (Å²) in [5, 5.41) is 9.23. The fourth-order valence-electron chi connectivity index (χ4n) is 1.15. The highest BCUT2D eigenvalue weighted by molar-refractivity contribution is 5.30. The Labute approximate surface area is 89.0 Å².